The Morgan fingerprint density at radius 3 is 2.53 bits per heavy atom. The van der Waals surface area contributed by atoms with Crippen LogP contribution in [0.3, 0.4) is 0 Å². The number of benzene rings is 3. The van der Waals surface area contributed by atoms with Crippen molar-refractivity contribution < 1.29 is 14.3 Å². The van der Waals surface area contributed by atoms with E-state index in [0.717, 1.165) is 11.1 Å². The number of nitrogens with zero attached hydrogens (tertiary/aromatic N) is 2. The third-order valence-corrected chi connectivity index (χ3v) is 6.08. The van der Waals surface area contributed by atoms with Crippen LogP contribution in [0.15, 0.2) is 76.3 Å². The van der Waals surface area contributed by atoms with E-state index in [1.165, 1.54) is 6.21 Å². The summed E-state index contributed by atoms with van der Waals surface area (Å²) in [6, 6.07) is 20.4. The maximum absolute atomic E-state index is 12.7. The SMILES string of the molecule is CC(C)C(NC(=O)c1ccc(Cl)cc1)C(=O)N/N=C\c1ccc(OCc2ccccc2C#N)c(Br)c1. The molecule has 0 saturated heterocycles. The first-order valence-corrected chi connectivity index (χ1v) is 12.2. The fraction of sp³-hybridized carbons (Fsp3) is 0.185. The van der Waals surface area contributed by atoms with Gasteiger partial charge in [-0.1, -0.05) is 43.6 Å². The summed E-state index contributed by atoms with van der Waals surface area (Å²) < 4.78 is 6.54. The summed E-state index contributed by atoms with van der Waals surface area (Å²) in [6.07, 6.45) is 1.50. The van der Waals surface area contributed by atoms with Crippen LogP contribution in [-0.4, -0.2) is 24.1 Å². The number of carbonyl (C=O) groups is 2. The van der Waals surface area contributed by atoms with Crippen LogP contribution in [-0.2, 0) is 11.4 Å². The van der Waals surface area contributed by atoms with Crippen molar-refractivity contribution in [1.82, 2.24) is 10.7 Å². The number of nitrogens with one attached hydrogen (secondary N) is 2. The molecule has 3 rings (SSSR count). The van der Waals surface area contributed by atoms with E-state index in [4.69, 9.17) is 16.3 Å². The molecule has 0 aromatic heterocycles. The summed E-state index contributed by atoms with van der Waals surface area (Å²) in [5.41, 5.74) is 4.98. The molecule has 0 bridgehead atoms. The average Bonchev–Trinajstić information content (AvgIpc) is 2.87. The van der Waals surface area contributed by atoms with E-state index in [-0.39, 0.29) is 18.4 Å². The molecule has 2 amide bonds. The Hall–Kier alpha value is -3.67. The Morgan fingerprint density at radius 2 is 1.86 bits per heavy atom. The zero-order valence-electron chi connectivity index (χ0n) is 19.7. The average molecular weight is 568 g/mol. The van der Waals surface area contributed by atoms with Crippen molar-refractivity contribution in [3.63, 3.8) is 0 Å². The zero-order chi connectivity index (χ0) is 26.1. The van der Waals surface area contributed by atoms with E-state index in [0.29, 0.717) is 26.4 Å². The van der Waals surface area contributed by atoms with Crippen LogP contribution >= 0.6 is 27.5 Å². The lowest BCUT2D eigenvalue weighted by Gasteiger charge is -2.20. The van der Waals surface area contributed by atoms with Crippen LogP contribution in [0, 0.1) is 17.2 Å². The molecule has 0 saturated carbocycles. The molecule has 0 fully saturated rings. The predicted molar refractivity (Wildman–Crippen MR) is 143 cm³/mol. The second-order valence-corrected chi connectivity index (χ2v) is 9.47. The van der Waals surface area contributed by atoms with Crippen molar-refractivity contribution in [1.29, 1.82) is 5.26 Å². The number of halogens is 2. The molecule has 7 nitrogen and oxygen atoms in total. The van der Waals surface area contributed by atoms with E-state index in [1.54, 1.807) is 48.5 Å². The van der Waals surface area contributed by atoms with Crippen LogP contribution < -0.4 is 15.5 Å². The van der Waals surface area contributed by atoms with Gasteiger partial charge in [-0.25, -0.2) is 5.43 Å². The van der Waals surface area contributed by atoms with Gasteiger partial charge >= 0.3 is 0 Å². The molecule has 0 aliphatic carbocycles. The fourth-order valence-electron chi connectivity index (χ4n) is 3.23. The van der Waals surface area contributed by atoms with Crippen molar-refractivity contribution >= 4 is 45.6 Å². The summed E-state index contributed by atoms with van der Waals surface area (Å²) in [5.74, 6) is -0.359. The van der Waals surface area contributed by atoms with Gasteiger partial charge in [0.1, 0.15) is 18.4 Å². The number of hydrogen-bond acceptors (Lipinski definition) is 5. The number of carbonyl (C=O) groups excluding carboxylic acids is 2. The molecule has 36 heavy (non-hydrogen) atoms. The highest BCUT2D eigenvalue weighted by molar-refractivity contribution is 9.10. The van der Waals surface area contributed by atoms with E-state index in [1.807, 2.05) is 32.0 Å². The molecule has 0 radical (unpaired) electrons. The van der Waals surface area contributed by atoms with Gasteiger partial charge in [0.15, 0.2) is 0 Å². The van der Waals surface area contributed by atoms with E-state index < -0.39 is 11.9 Å². The first-order chi connectivity index (χ1) is 17.3. The molecule has 9 heteroatoms. The zero-order valence-corrected chi connectivity index (χ0v) is 22.0. The summed E-state index contributed by atoms with van der Waals surface area (Å²) in [7, 11) is 0. The van der Waals surface area contributed by atoms with Gasteiger partial charge in [0.25, 0.3) is 11.8 Å². The summed E-state index contributed by atoms with van der Waals surface area (Å²) >= 11 is 9.35. The van der Waals surface area contributed by atoms with Crippen LogP contribution in [0.5, 0.6) is 5.75 Å². The minimum atomic E-state index is -0.774. The van der Waals surface area contributed by atoms with Crippen LogP contribution in [0.25, 0.3) is 0 Å². The van der Waals surface area contributed by atoms with Gasteiger partial charge in [0.2, 0.25) is 0 Å². The van der Waals surface area contributed by atoms with Gasteiger partial charge in [0.05, 0.1) is 22.3 Å². The highest BCUT2D eigenvalue weighted by Gasteiger charge is 2.24. The summed E-state index contributed by atoms with van der Waals surface area (Å²) in [5, 5.41) is 16.5. The number of rotatable bonds is 9. The quantitative estimate of drug-likeness (QED) is 0.265. The van der Waals surface area contributed by atoms with Crippen molar-refractivity contribution in [2.45, 2.75) is 26.5 Å². The Kier molecular flexibility index (Phi) is 9.62. The molecule has 1 atom stereocenters. The van der Waals surface area contributed by atoms with Gasteiger partial charge in [-0.15, -0.1) is 0 Å². The Bertz CT molecular complexity index is 1300. The number of hydrazone groups is 1. The largest absolute Gasteiger partial charge is 0.488 e. The molecule has 0 spiro atoms. The van der Waals surface area contributed by atoms with E-state index in [2.05, 4.69) is 37.8 Å². The number of amides is 2. The lowest BCUT2D eigenvalue weighted by molar-refractivity contribution is -0.123. The monoisotopic (exact) mass is 566 g/mol. The molecule has 0 heterocycles. The Morgan fingerprint density at radius 1 is 1.14 bits per heavy atom. The van der Waals surface area contributed by atoms with Crippen LogP contribution in [0.4, 0.5) is 0 Å². The first kappa shape index (κ1) is 26.9. The normalized spacial score (nSPS) is 11.7. The maximum Gasteiger partial charge on any atom is 0.262 e. The number of hydrogen-bond donors (Lipinski definition) is 2. The van der Waals surface area contributed by atoms with Crippen molar-refractivity contribution in [2.75, 3.05) is 0 Å². The van der Waals surface area contributed by atoms with Crippen molar-refractivity contribution in [2.24, 2.45) is 11.0 Å². The Balaban J connectivity index is 1.58. The third kappa shape index (κ3) is 7.41. The fourth-order valence-corrected chi connectivity index (χ4v) is 3.86. The van der Waals surface area contributed by atoms with Crippen LogP contribution in [0.1, 0.15) is 40.9 Å². The van der Waals surface area contributed by atoms with Gasteiger partial charge < -0.3 is 10.1 Å². The molecule has 3 aromatic carbocycles. The van der Waals surface area contributed by atoms with E-state index in [9.17, 15) is 14.9 Å². The van der Waals surface area contributed by atoms with E-state index >= 15 is 0 Å². The smallest absolute Gasteiger partial charge is 0.262 e. The minimum Gasteiger partial charge on any atom is -0.488 e. The molecule has 184 valence electrons. The topological polar surface area (TPSA) is 104 Å². The van der Waals surface area contributed by atoms with Gasteiger partial charge in [0, 0.05) is 16.1 Å². The van der Waals surface area contributed by atoms with Gasteiger partial charge in [-0.3, -0.25) is 9.59 Å². The lowest BCUT2D eigenvalue weighted by Crippen LogP contribution is -2.48. The Labute approximate surface area is 223 Å². The minimum absolute atomic E-state index is 0.159. The van der Waals surface area contributed by atoms with Crippen molar-refractivity contribution in [3.8, 4) is 11.8 Å². The highest BCUT2D eigenvalue weighted by Crippen LogP contribution is 2.26. The van der Waals surface area contributed by atoms with Crippen LogP contribution in [0.2, 0.25) is 5.02 Å². The summed E-state index contributed by atoms with van der Waals surface area (Å²) in [4.78, 5) is 25.2. The molecule has 1 unspecified atom stereocenters. The third-order valence-electron chi connectivity index (χ3n) is 5.21. The lowest BCUT2D eigenvalue weighted by atomic mass is 10.0. The van der Waals surface area contributed by atoms with Gasteiger partial charge in [-0.05, 0) is 75.9 Å². The predicted octanol–water partition coefficient (Wildman–Crippen LogP) is 5.46. The molecule has 3 aromatic rings. The highest BCUT2D eigenvalue weighted by atomic mass is 79.9. The molecule has 2 N–H and O–H groups in total. The molecular weight excluding hydrogens is 544 g/mol. The molecule has 0 aliphatic rings. The maximum atomic E-state index is 12.7. The standard InChI is InChI=1S/C27H24BrClN4O3/c1-17(2)25(32-26(34)19-8-10-22(29)11-9-19)27(35)33-31-15-18-7-12-24(23(28)13-18)36-16-21-6-4-3-5-20(21)14-30/h3-13,15,17,25H,16H2,1-2H3,(H,32,34)(H,33,35)/b31-15-. The molecular formula is C27H24BrClN4O3. The second kappa shape index (κ2) is 12.9. The molecule has 0 aliphatic heterocycles. The number of ether oxygens (including phenoxy) is 1. The summed E-state index contributed by atoms with van der Waals surface area (Å²) in [6.45, 7) is 3.92. The first-order valence-electron chi connectivity index (χ1n) is 11.1. The van der Waals surface area contributed by atoms with Crippen molar-refractivity contribution in [3.05, 3.63) is 98.5 Å². The van der Waals surface area contributed by atoms with Gasteiger partial charge in [-0.2, -0.15) is 10.4 Å². The second-order valence-electron chi connectivity index (χ2n) is 8.18. The number of nitriles is 1.